The molecule has 26 heavy (non-hydrogen) atoms. The van der Waals surface area contributed by atoms with Crippen molar-refractivity contribution >= 4 is 17.5 Å². The highest BCUT2D eigenvalue weighted by Gasteiger charge is 2.54. The number of carbonyl (C=O) groups excluding carboxylic acids is 2. The fourth-order valence-electron chi connectivity index (χ4n) is 5.73. The lowest BCUT2D eigenvalue weighted by atomic mass is 9.49. The monoisotopic (exact) mass is 358 g/mol. The van der Waals surface area contributed by atoms with Crippen LogP contribution in [0, 0.1) is 35.9 Å². The average molecular weight is 358 g/mol. The molecule has 0 spiro atoms. The largest absolute Gasteiger partial charge is 0.344 e. The number of rotatable bonds is 4. The smallest absolute Gasteiger partial charge is 0.246 e. The third-order valence-electron chi connectivity index (χ3n) is 6.70. The summed E-state index contributed by atoms with van der Waals surface area (Å²) in [4.78, 5) is 25.4. The molecular formula is C21H27FN2O2. The van der Waals surface area contributed by atoms with Crippen molar-refractivity contribution < 1.29 is 14.0 Å². The molecule has 0 aliphatic heterocycles. The molecule has 140 valence electrons. The van der Waals surface area contributed by atoms with Crippen molar-refractivity contribution in [1.82, 2.24) is 5.32 Å². The Morgan fingerprint density at radius 2 is 1.69 bits per heavy atom. The first-order chi connectivity index (χ1) is 12.3. The standard InChI is InChI=1S/C21H27FN2O2/c1-12-3-4-17(8-18(12)22)24-19(25)13(2)23-20(26)21-9-14-5-15(10-21)7-16(6-14)11-21/h3-4,8,13-16H,5-7,9-11H2,1-2H3,(H,23,26)(H,24,25). The quantitative estimate of drug-likeness (QED) is 0.860. The van der Waals surface area contributed by atoms with Crippen molar-refractivity contribution in [3.05, 3.63) is 29.6 Å². The maximum absolute atomic E-state index is 13.6. The van der Waals surface area contributed by atoms with E-state index in [1.165, 1.54) is 25.3 Å². The zero-order chi connectivity index (χ0) is 18.5. The Kier molecular flexibility index (Phi) is 4.28. The fraction of sp³-hybridized carbons (Fsp3) is 0.619. The van der Waals surface area contributed by atoms with Crippen LogP contribution in [-0.4, -0.2) is 17.9 Å². The molecule has 0 radical (unpaired) electrons. The molecule has 1 unspecified atom stereocenters. The maximum atomic E-state index is 13.6. The second kappa shape index (κ2) is 6.36. The van der Waals surface area contributed by atoms with Gasteiger partial charge in [0.15, 0.2) is 0 Å². The average Bonchev–Trinajstić information content (AvgIpc) is 2.57. The molecule has 0 aromatic heterocycles. The number of halogens is 1. The molecule has 4 aliphatic carbocycles. The van der Waals surface area contributed by atoms with Crippen LogP contribution >= 0.6 is 0 Å². The SMILES string of the molecule is Cc1ccc(NC(=O)C(C)NC(=O)C23CC4CC(CC(C4)C2)C3)cc1F. The molecule has 1 aromatic carbocycles. The molecule has 4 aliphatic rings. The fourth-order valence-corrected chi connectivity index (χ4v) is 5.73. The van der Waals surface area contributed by atoms with E-state index in [2.05, 4.69) is 10.6 Å². The van der Waals surface area contributed by atoms with E-state index in [1.54, 1.807) is 26.0 Å². The highest BCUT2D eigenvalue weighted by Crippen LogP contribution is 2.60. The predicted molar refractivity (Wildman–Crippen MR) is 98.0 cm³/mol. The summed E-state index contributed by atoms with van der Waals surface area (Å²) in [6, 6.07) is 3.97. The van der Waals surface area contributed by atoms with E-state index in [1.807, 2.05) is 0 Å². The minimum atomic E-state index is -0.639. The molecule has 2 amide bonds. The highest BCUT2D eigenvalue weighted by atomic mass is 19.1. The maximum Gasteiger partial charge on any atom is 0.246 e. The number of hydrogen-bond donors (Lipinski definition) is 2. The summed E-state index contributed by atoms with van der Waals surface area (Å²) < 4.78 is 13.6. The predicted octanol–water partition coefficient (Wildman–Crippen LogP) is 3.79. The van der Waals surface area contributed by atoms with Crippen LogP contribution in [0.25, 0.3) is 0 Å². The molecule has 4 nitrogen and oxygen atoms in total. The third kappa shape index (κ3) is 3.12. The van der Waals surface area contributed by atoms with Gasteiger partial charge in [-0.3, -0.25) is 9.59 Å². The van der Waals surface area contributed by atoms with Gasteiger partial charge in [0.2, 0.25) is 11.8 Å². The summed E-state index contributed by atoms with van der Waals surface area (Å²) in [5.41, 5.74) is 0.680. The van der Waals surface area contributed by atoms with Gasteiger partial charge in [-0.15, -0.1) is 0 Å². The summed E-state index contributed by atoms with van der Waals surface area (Å²) in [6.07, 6.45) is 6.76. The van der Waals surface area contributed by atoms with Crippen molar-refractivity contribution in [3.63, 3.8) is 0 Å². The number of amides is 2. The number of carbonyl (C=O) groups is 2. The van der Waals surface area contributed by atoms with E-state index in [4.69, 9.17) is 0 Å². The molecule has 5 rings (SSSR count). The molecule has 2 N–H and O–H groups in total. The Morgan fingerprint density at radius 3 is 2.23 bits per heavy atom. The topological polar surface area (TPSA) is 58.2 Å². The van der Waals surface area contributed by atoms with Crippen molar-refractivity contribution in [3.8, 4) is 0 Å². The molecule has 4 bridgehead atoms. The highest BCUT2D eigenvalue weighted by molar-refractivity contribution is 5.97. The van der Waals surface area contributed by atoms with E-state index in [0.29, 0.717) is 29.0 Å². The van der Waals surface area contributed by atoms with Gasteiger partial charge in [-0.2, -0.15) is 0 Å². The summed E-state index contributed by atoms with van der Waals surface area (Å²) in [7, 11) is 0. The molecule has 1 atom stereocenters. The van der Waals surface area contributed by atoms with Crippen LogP contribution in [-0.2, 0) is 9.59 Å². The minimum absolute atomic E-state index is 0.0364. The van der Waals surface area contributed by atoms with E-state index in [-0.39, 0.29) is 23.0 Å². The van der Waals surface area contributed by atoms with Gasteiger partial charge >= 0.3 is 0 Å². The van der Waals surface area contributed by atoms with Crippen molar-refractivity contribution in [2.45, 2.75) is 58.4 Å². The van der Waals surface area contributed by atoms with Gasteiger partial charge in [0, 0.05) is 11.1 Å². The third-order valence-corrected chi connectivity index (χ3v) is 6.70. The number of anilines is 1. The lowest BCUT2D eigenvalue weighted by Crippen LogP contribution is -2.56. The van der Waals surface area contributed by atoms with Crippen LogP contribution in [0.2, 0.25) is 0 Å². The first-order valence-corrected chi connectivity index (χ1v) is 9.72. The second-order valence-corrected chi connectivity index (χ2v) is 8.85. The van der Waals surface area contributed by atoms with Gasteiger partial charge in [0.05, 0.1) is 0 Å². The number of benzene rings is 1. The number of aryl methyl sites for hydroxylation is 1. The Morgan fingerprint density at radius 1 is 1.12 bits per heavy atom. The van der Waals surface area contributed by atoms with Crippen molar-refractivity contribution in [2.75, 3.05) is 5.32 Å². The van der Waals surface area contributed by atoms with E-state index < -0.39 is 6.04 Å². The summed E-state index contributed by atoms with van der Waals surface area (Å²) >= 11 is 0. The Hall–Kier alpha value is -1.91. The molecule has 0 saturated heterocycles. The Bertz CT molecular complexity index is 710. The number of hydrogen-bond acceptors (Lipinski definition) is 2. The first kappa shape index (κ1) is 17.5. The van der Waals surface area contributed by atoms with Crippen LogP contribution in [0.1, 0.15) is 51.0 Å². The van der Waals surface area contributed by atoms with E-state index >= 15 is 0 Å². The van der Waals surface area contributed by atoms with E-state index in [0.717, 1.165) is 19.3 Å². The molecule has 5 heteroatoms. The lowest BCUT2D eigenvalue weighted by Gasteiger charge is -2.55. The minimum Gasteiger partial charge on any atom is -0.344 e. The van der Waals surface area contributed by atoms with E-state index in [9.17, 15) is 14.0 Å². The van der Waals surface area contributed by atoms with Gasteiger partial charge in [-0.25, -0.2) is 4.39 Å². The first-order valence-electron chi connectivity index (χ1n) is 9.72. The van der Waals surface area contributed by atoms with Crippen LogP contribution in [0.4, 0.5) is 10.1 Å². The molecule has 0 heterocycles. The van der Waals surface area contributed by atoms with Crippen LogP contribution in [0.3, 0.4) is 0 Å². The van der Waals surface area contributed by atoms with Crippen molar-refractivity contribution in [1.29, 1.82) is 0 Å². The second-order valence-electron chi connectivity index (χ2n) is 8.85. The molecule has 1 aromatic rings. The zero-order valence-corrected chi connectivity index (χ0v) is 15.5. The normalized spacial score (nSPS) is 33.0. The van der Waals surface area contributed by atoms with Gasteiger partial charge in [-0.05, 0) is 87.8 Å². The Balaban J connectivity index is 1.39. The molecular weight excluding hydrogens is 331 g/mol. The Labute approximate surface area is 153 Å². The molecule has 4 fully saturated rings. The zero-order valence-electron chi connectivity index (χ0n) is 15.5. The molecule has 4 saturated carbocycles. The van der Waals surface area contributed by atoms with Gasteiger partial charge in [0.1, 0.15) is 11.9 Å². The lowest BCUT2D eigenvalue weighted by molar-refractivity contribution is -0.147. The van der Waals surface area contributed by atoms with Gasteiger partial charge in [0.25, 0.3) is 0 Å². The summed E-state index contributed by atoms with van der Waals surface area (Å²) in [6.45, 7) is 3.37. The summed E-state index contributed by atoms with van der Waals surface area (Å²) in [5, 5.41) is 5.63. The van der Waals surface area contributed by atoms with Gasteiger partial charge < -0.3 is 10.6 Å². The number of nitrogens with one attached hydrogen (secondary N) is 2. The van der Waals surface area contributed by atoms with Crippen LogP contribution in [0.5, 0.6) is 0 Å². The van der Waals surface area contributed by atoms with Crippen LogP contribution in [0.15, 0.2) is 18.2 Å². The van der Waals surface area contributed by atoms with Crippen molar-refractivity contribution in [2.24, 2.45) is 23.2 Å². The van der Waals surface area contributed by atoms with Gasteiger partial charge in [-0.1, -0.05) is 6.07 Å². The van der Waals surface area contributed by atoms with Crippen LogP contribution < -0.4 is 10.6 Å². The summed E-state index contributed by atoms with van der Waals surface area (Å²) in [5.74, 6) is 1.43.